The van der Waals surface area contributed by atoms with Gasteiger partial charge in [-0.2, -0.15) is 0 Å². The number of rotatable bonds is 9. The van der Waals surface area contributed by atoms with E-state index in [1.807, 2.05) is 91.0 Å². The first-order chi connectivity index (χ1) is 20.4. The Bertz CT molecular complexity index is 1140. The van der Waals surface area contributed by atoms with Crippen LogP contribution in [0.2, 0.25) is 0 Å². The molecule has 4 rings (SSSR count). The fourth-order valence-electron chi connectivity index (χ4n) is 4.20. The van der Waals surface area contributed by atoms with Gasteiger partial charge in [0.15, 0.2) is 0 Å². The number of nitrogens with zero attached hydrogens (tertiary/aromatic N) is 3. The lowest BCUT2D eigenvalue weighted by Gasteiger charge is -2.40. The Hall–Kier alpha value is -4.46. The first-order valence-electron chi connectivity index (χ1n) is 13.1. The lowest BCUT2D eigenvalue weighted by molar-refractivity contribution is 0.0998. The van der Waals surface area contributed by atoms with Crippen LogP contribution in [-0.2, 0) is 47.6 Å². The van der Waals surface area contributed by atoms with Crippen molar-refractivity contribution in [3.8, 4) is 0 Å². The van der Waals surface area contributed by atoms with E-state index < -0.39 is 40.0 Å². The van der Waals surface area contributed by atoms with Gasteiger partial charge in [-0.1, -0.05) is 91.0 Å². The highest BCUT2D eigenvalue weighted by Crippen LogP contribution is 2.23. The van der Waals surface area contributed by atoms with Gasteiger partial charge in [-0.15, -0.1) is 0 Å². The Morgan fingerprint density at radius 2 is 0.738 bits per heavy atom. The van der Waals surface area contributed by atoms with E-state index in [4.69, 9.17) is 27.9 Å². The zero-order valence-corrected chi connectivity index (χ0v) is 23.5. The molecule has 1 fully saturated rings. The predicted octanol–water partition coefficient (Wildman–Crippen LogP) is 3.81. The smallest absolute Gasteiger partial charge is 0.453 e. The maximum atomic E-state index is 13.0. The van der Waals surface area contributed by atoms with Crippen LogP contribution in [0.3, 0.4) is 0 Å². The van der Waals surface area contributed by atoms with Gasteiger partial charge in [-0.3, -0.25) is 14.4 Å². The summed E-state index contributed by atoms with van der Waals surface area (Å²) < 4.78 is 33.3. The van der Waals surface area contributed by atoms with E-state index in [1.54, 1.807) is 0 Å². The molecular weight excluding hydrogens is 543 g/mol. The van der Waals surface area contributed by atoms with Gasteiger partial charge in [0.1, 0.15) is 0 Å². The molecule has 15 heteroatoms. The second-order valence-corrected chi connectivity index (χ2v) is 9.08. The summed E-state index contributed by atoms with van der Waals surface area (Å²) in [5.41, 5.74) is 2.24. The van der Waals surface area contributed by atoms with Gasteiger partial charge in [0.2, 0.25) is 0 Å². The molecule has 3 amide bonds. The number of hydrogen-bond donors (Lipinski definition) is 0. The minimum atomic E-state index is -1.47. The number of ether oxygens (including phenoxy) is 3. The molecule has 0 atom stereocenters. The van der Waals surface area contributed by atoms with Gasteiger partial charge in [-0.05, 0) is 16.7 Å². The topological polar surface area (TPSA) is 116 Å². The summed E-state index contributed by atoms with van der Waals surface area (Å²) in [7, 11) is -0.727. The van der Waals surface area contributed by atoms with Gasteiger partial charge >= 0.3 is 40.0 Å². The van der Waals surface area contributed by atoms with Crippen molar-refractivity contribution in [3.05, 3.63) is 108 Å². The predicted molar refractivity (Wildman–Crippen MR) is 154 cm³/mol. The van der Waals surface area contributed by atoms with E-state index in [9.17, 15) is 14.4 Å². The van der Waals surface area contributed by atoms with Gasteiger partial charge < -0.3 is 27.9 Å². The zero-order chi connectivity index (χ0) is 29.9. The van der Waals surface area contributed by atoms with E-state index in [0.29, 0.717) is 0 Å². The summed E-state index contributed by atoms with van der Waals surface area (Å²) in [6.07, 6.45) is -2.32. The molecule has 0 aliphatic carbocycles. The molecule has 12 nitrogen and oxygen atoms in total. The van der Waals surface area contributed by atoms with Gasteiger partial charge in [0.25, 0.3) is 0 Å². The lowest BCUT2D eigenvalue weighted by Crippen LogP contribution is -2.67. The molecule has 216 valence electrons. The average Bonchev–Trinajstić information content (AvgIpc) is 3.05. The summed E-state index contributed by atoms with van der Waals surface area (Å²) in [6.45, 7) is 0.0579. The number of hydrogen-bond acceptors (Lipinski definition) is 9. The second-order valence-electron chi connectivity index (χ2n) is 9.08. The van der Waals surface area contributed by atoms with E-state index in [2.05, 4.69) is 0 Å². The van der Waals surface area contributed by atoms with Crippen LogP contribution in [0.25, 0.3) is 0 Å². The van der Waals surface area contributed by atoms with Crippen LogP contribution < -0.4 is 0 Å². The van der Waals surface area contributed by atoms with Crippen LogP contribution >= 0.6 is 0 Å². The molecule has 42 heavy (non-hydrogen) atoms. The van der Waals surface area contributed by atoms with Gasteiger partial charge in [-0.25, -0.2) is 14.4 Å². The molecule has 0 spiro atoms. The van der Waals surface area contributed by atoms with Crippen LogP contribution in [-0.4, -0.2) is 75.8 Å². The molecule has 0 saturated carbocycles. The summed E-state index contributed by atoms with van der Waals surface area (Å²) >= 11 is 0. The van der Waals surface area contributed by atoms with Crippen LogP contribution in [0.15, 0.2) is 91.0 Å². The maximum absolute atomic E-state index is 13.0. The standard InChI is InChI=1S/C27H30B3N3O9/c1-37-25(34)31(19-22-13-7-4-8-14-22)28-40-29(32(26(35)38-2)20-23-15-9-5-10-16-23)42-30(41-28)33(27(36)39-3)21-24-17-11-6-12-18-24/h4-18H,19-21H2,1-3H3. The van der Waals surface area contributed by atoms with Crippen molar-refractivity contribution >= 4 is 40.0 Å². The normalized spacial score (nSPS) is 12.8. The highest BCUT2D eigenvalue weighted by Gasteiger charge is 2.54. The molecule has 3 aromatic carbocycles. The van der Waals surface area contributed by atoms with Crippen molar-refractivity contribution in [1.82, 2.24) is 14.4 Å². The Morgan fingerprint density at radius 3 is 0.952 bits per heavy atom. The molecule has 3 aromatic rings. The van der Waals surface area contributed by atoms with Crippen LogP contribution in [0, 0.1) is 0 Å². The van der Waals surface area contributed by atoms with Crippen LogP contribution in [0.4, 0.5) is 14.4 Å². The summed E-state index contributed by atoms with van der Waals surface area (Å²) in [5.74, 6) is 0. The number of benzene rings is 3. The third kappa shape index (κ3) is 7.84. The second kappa shape index (κ2) is 15.0. The average molecular weight is 573 g/mol. The molecule has 0 N–H and O–H groups in total. The first-order valence-corrected chi connectivity index (χ1v) is 13.1. The lowest BCUT2D eigenvalue weighted by atomic mass is 9.83. The molecule has 1 saturated heterocycles. The minimum absolute atomic E-state index is 0.0193. The largest absolute Gasteiger partial charge is 0.573 e. The van der Waals surface area contributed by atoms with Gasteiger partial charge in [0.05, 0.1) is 21.3 Å². The molecular formula is C27H30B3N3O9. The highest BCUT2D eigenvalue weighted by molar-refractivity contribution is 6.73. The third-order valence-corrected chi connectivity index (χ3v) is 6.28. The summed E-state index contributed by atoms with van der Waals surface area (Å²) in [6, 6.07) is 27.3. The van der Waals surface area contributed by atoms with Crippen molar-refractivity contribution in [2.45, 2.75) is 19.6 Å². The maximum Gasteiger partial charge on any atom is 0.573 e. The first kappa shape index (κ1) is 30.5. The monoisotopic (exact) mass is 573 g/mol. The summed E-state index contributed by atoms with van der Waals surface area (Å²) in [5, 5.41) is 0. The van der Waals surface area contributed by atoms with Crippen LogP contribution in [0.1, 0.15) is 16.7 Å². The quantitative estimate of drug-likeness (QED) is 0.279. The van der Waals surface area contributed by atoms with E-state index in [1.165, 1.54) is 35.8 Å². The Morgan fingerprint density at radius 1 is 0.500 bits per heavy atom. The Kier molecular flexibility index (Phi) is 10.9. The van der Waals surface area contributed by atoms with Crippen molar-refractivity contribution < 1.29 is 42.3 Å². The Balaban J connectivity index is 1.73. The van der Waals surface area contributed by atoms with Crippen molar-refractivity contribution in [2.75, 3.05) is 21.3 Å². The number of amides is 3. The number of carbonyl (C=O) groups is 3. The Labute approximate surface area is 245 Å². The molecule has 0 bridgehead atoms. The van der Waals surface area contributed by atoms with E-state index in [0.717, 1.165) is 16.7 Å². The highest BCUT2D eigenvalue weighted by atomic mass is 16.7. The summed E-state index contributed by atoms with van der Waals surface area (Å²) in [4.78, 5) is 42.6. The van der Waals surface area contributed by atoms with Crippen LogP contribution in [0.5, 0.6) is 0 Å². The van der Waals surface area contributed by atoms with Crippen molar-refractivity contribution in [3.63, 3.8) is 0 Å². The zero-order valence-electron chi connectivity index (χ0n) is 23.5. The minimum Gasteiger partial charge on any atom is -0.453 e. The van der Waals surface area contributed by atoms with Crippen molar-refractivity contribution in [2.24, 2.45) is 0 Å². The number of methoxy groups -OCH3 is 3. The SMILES string of the molecule is COC(=O)N(Cc1ccccc1)B1OB(N(Cc2ccccc2)C(=O)OC)OB(N(Cc2ccccc2)C(=O)OC)O1. The fraction of sp³-hybridized carbons (Fsp3) is 0.222. The molecule has 0 radical (unpaired) electrons. The van der Waals surface area contributed by atoms with Crippen molar-refractivity contribution in [1.29, 1.82) is 0 Å². The van der Waals surface area contributed by atoms with E-state index >= 15 is 0 Å². The molecule has 1 aliphatic rings. The molecule has 0 aromatic heterocycles. The van der Waals surface area contributed by atoms with Gasteiger partial charge in [0, 0.05) is 19.6 Å². The van der Waals surface area contributed by atoms with E-state index in [-0.39, 0.29) is 19.6 Å². The molecule has 1 aliphatic heterocycles. The molecule has 0 unspecified atom stereocenters. The third-order valence-electron chi connectivity index (χ3n) is 6.28. The number of carbonyl (C=O) groups excluding carboxylic acids is 3. The molecule has 1 heterocycles. The fourth-order valence-corrected chi connectivity index (χ4v) is 4.20.